The molecule has 1 aliphatic rings. The second-order valence-electron chi connectivity index (χ2n) is 6.36. The fourth-order valence-electron chi connectivity index (χ4n) is 3.86. The lowest BCUT2D eigenvalue weighted by atomic mass is 9.86. The van der Waals surface area contributed by atoms with Gasteiger partial charge in [0.1, 0.15) is 0 Å². The molecule has 1 heterocycles. The normalized spacial score (nSPS) is 17.9. The number of hydrogen-bond acceptors (Lipinski definition) is 0. The van der Waals surface area contributed by atoms with Crippen molar-refractivity contribution in [3.05, 3.63) is 83.1 Å². The van der Waals surface area contributed by atoms with Gasteiger partial charge < -0.3 is 4.57 Å². The predicted octanol–water partition coefficient (Wildman–Crippen LogP) is 5.20. The standard InChI is InChI=1S/C21H21N/c1-15-12-13-20-21(17-10-6-7-11-19(17)22(20)2)18(14-15)16-8-4-3-5-9-16/h3-12,18H,13-14H2,1-2H3. The Hall–Kier alpha value is -2.28. The minimum atomic E-state index is 0.459. The summed E-state index contributed by atoms with van der Waals surface area (Å²) in [5, 5.41) is 1.41. The molecule has 1 aliphatic carbocycles. The Bertz CT molecular complexity index is 852. The fourth-order valence-corrected chi connectivity index (χ4v) is 3.86. The van der Waals surface area contributed by atoms with Crippen LogP contribution in [0.25, 0.3) is 10.9 Å². The van der Waals surface area contributed by atoms with Crippen LogP contribution in [0.15, 0.2) is 66.2 Å². The van der Waals surface area contributed by atoms with Crippen molar-refractivity contribution in [2.75, 3.05) is 0 Å². The summed E-state index contributed by atoms with van der Waals surface area (Å²) in [7, 11) is 2.21. The number of allylic oxidation sites excluding steroid dienone is 2. The van der Waals surface area contributed by atoms with Crippen molar-refractivity contribution in [3.8, 4) is 0 Å². The van der Waals surface area contributed by atoms with Crippen LogP contribution in [0.4, 0.5) is 0 Å². The molecule has 0 aliphatic heterocycles. The molecule has 110 valence electrons. The van der Waals surface area contributed by atoms with Crippen molar-refractivity contribution < 1.29 is 0 Å². The summed E-state index contributed by atoms with van der Waals surface area (Å²) < 4.78 is 2.38. The maximum absolute atomic E-state index is 2.40. The molecule has 0 N–H and O–H groups in total. The van der Waals surface area contributed by atoms with Crippen molar-refractivity contribution in [2.45, 2.75) is 25.7 Å². The molecule has 0 spiro atoms. The molecule has 0 saturated carbocycles. The molecule has 22 heavy (non-hydrogen) atoms. The number of hydrogen-bond donors (Lipinski definition) is 0. The molecule has 0 fully saturated rings. The van der Waals surface area contributed by atoms with Crippen molar-refractivity contribution >= 4 is 10.9 Å². The Labute approximate surface area is 131 Å². The van der Waals surface area contributed by atoms with Gasteiger partial charge in [0.2, 0.25) is 0 Å². The lowest BCUT2D eigenvalue weighted by Gasteiger charge is -2.18. The smallest absolute Gasteiger partial charge is 0.0483 e. The maximum Gasteiger partial charge on any atom is 0.0483 e. The van der Waals surface area contributed by atoms with E-state index in [1.807, 2.05) is 0 Å². The number of nitrogens with zero attached hydrogens (tertiary/aromatic N) is 1. The van der Waals surface area contributed by atoms with Gasteiger partial charge in [0, 0.05) is 36.0 Å². The summed E-state index contributed by atoms with van der Waals surface area (Å²) in [6, 6.07) is 19.8. The summed E-state index contributed by atoms with van der Waals surface area (Å²) in [4.78, 5) is 0. The average molecular weight is 287 g/mol. The van der Waals surface area contributed by atoms with Gasteiger partial charge in [-0.25, -0.2) is 0 Å². The molecular formula is C21H21N. The first kappa shape index (κ1) is 13.4. The Balaban J connectivity index is 2.02. The molecule has 1 heteroatoms. The first-order valence-electron chi connectivity index (χ1n) is 8.02. The van der Waals surface area contributed by atoms with Gasteiger partial charge in [0.25, 0.3) is 0 Å². The van der Waals surface area contributed by atoms with E-state index in [1.54, 1.807) is 0 Å². The van der Waals surface area contributed by atoms with Gasteiger partial charge in [0.15, 0.2) is 0 Å². The van der Waals surface area contributed by atoms with Crippen LogP contribution in [-0.4, -0.2) is 4.57 Å². The zero-order chi connectivity index (χ0) is 15.1. The van der Waals surface area contributed by atoms with Gasteiger partial charge >= 0.3 is 0 Å². The van der Waals surface area contributed by atoms with E-state index in [0.717, 1.165) is 12.8 Å². The number of aromatic nitrogens is 1. The van der Waals surface area contributed by atoms with Gasteiger partial charge in [-0.15, -0.1) is 0 Å². The average Bonchev–Trinajstić information content (AvgIpc) is 2.72. The second kappa shape index (κ2) is 5.17. The largest absolute Gasteiger partial charge is 0.347 e. The highest BCUT2D eigenvalue weighted by Gasteiger charge is 2.25. The van der Waals surface area contributed by atoms with Crippen molar-refractivity contribution in [3.63, 3.8) is 0 Å². The van der Waals surface area contributed by atoms with Crippen molar-refractivity contribution in [1.29, 1.82) is 0 Å². The quantitative estimate of drug-likeness (QED) is 0.542. The predicted molar refractivity (Wildman–Crippen MR) is 93.3 cm³/mol. The van der Waals surface area contributed by atoms with Crippen LogP contribution in [-0.2, 0) is 13.5 Å². The Morgan fingerprint density at radius 1 is 0.955 bits per heavy atom. The number of rotatable bonds is 1. The SMILES string of the molecule is CC1=CCc2c(c3ccccc3n2C)C(c2ccccc2)C1. The van der Waals surface area contributed by atoms with Gasteiger partial charge in [-0.1, -0.05) is 60.2 Å². The first-order valence-corrected chi connectivity index (χ1v) is 8.02. The summed E-state index contributed by atoms with van der Waals surface area (Å²) in [5.41, 5.74) is 7.26. The van der Waals surface area contributed by atoms with Crippen LogP contribution < -0.4 is 0 Å². The Morgan fingerprint density at radius 3 is 2.50 bits per heavy atom. The highest BCUT2D eigenvalue weighted by atomic mass is 14.9. The molecule has 4 rings (SSSR count). The van der Waals surface area contributed by atoms with Crippen molar-refractivity contribution in [2.24, 2.45) is 7.05 Å². The van der Waals surface area contributed by atoms with Crippen LogP contribution in [0.3, 0.4) is 0 Å². The third-order valence-corrected chi connectivity index (χ3v) is 4.99. The minimum absolute atomic E-state index is 0.459. The van der Waals surface area contributed by atoms with E-state index < -0.39 is 0 Å². The van der Waals surface area contributed by atoms with Gasteiger partial charge in [-0.05, 0) is 30.5 Å². The number of benzene rings is 2. The van der Waals surface area contributed by atoms with E-state index in [2.05, 4.69) is 79.2 Å². The molecule has 1 unspecified atom stereocenters. The van der Waals surface area contributed by atoms with Gasteiger partial charge in [-0.3, -0.25) is 0 Å². The summed E-state index contributed by atoms with van der Waals surface area (Å²) in [5.74, 6) is 0.459. The van der Waals surface area contributed by atoms with Crippen LogP contribution in [0.1, 0.15) is 36.1 Å². The first-order chi connectivity index (χ1) is 10.8. The molecule has 3 aromatic rings. The molecule has 0 radical (unpaired) electrons. The fraction of sp³-hybridized carbons (Fsp3) is 0.238. The lowest BCUT2D eigenvalue weighted by Crippen LogP contribution is -2.03. The van der Waals surface area contributed by atoms with Crippen LogP contribution in [0.5, 0.6) is 0 Å². The maximum atomic E-state index is 2.40. The molecule has 1 nitrogen and oxygen atoms in total. The third-order valence-electron chi connectivity index (χ3n) is 4.99. The Morgan fingerprint density at radius 2 is 1.68 bits per heavy atom. The summed E-state index contributed by atoms with van der Waals surface area (Å²) in [6.45, 7) is 2.27. The summed E-state index contributed by atoms with van der Waals surface area (Å²) >= 11 is 0. The molecule has 0 bridgehead atoms. The topological polar surface area (TPSA) is 4.93 Å². The van der Waals surface area contributed by atoms with E-state index in [9.17, 15) is 0 Å². The Kier molecular flexibility index (Phi) is 3.15. The minimum Gasteiger partial charge on any atom is -0.347 e. The lowest BCUT2D eigenvalue weighted by molar-refractivity contribution is 0.791. The van der Waals surface area contributed by atoms with Crippen LogP contribution in [0.2, 0.25) is 0 Å². The van der Waals surface area contributed by atoms with E-state index in [-0.39, 0.29) is 0 Å². The van der Waals surface area contributed by atoms with Gasteiger partial charge in [-0.2, -0.15) is 0 Å². The van der Waals surface area contributed by atoms with E-state index in [0.29, 0.717) is 5.92 Å². The molecule has 1 atom stereocenters. The zero-order valence-electron chi connectivity index (χ0n) is 13.2. The number of fused-ring (bicyclic) bond motifs is 3. The van der Waals surface area contributed by atoms with Crippen molar-refractivity contribution in [1.82, 2.24) is 4.57 Å². The van der Waals surface area contributed by atoms with Gasteiger partial charge in [0.05, 0.1) is 0 Å². The van der Waals surface area contributed by atoms with E-state index in [4.69, 9.17) is 0 Å². The molecule has 0 amide bonds. The second-order valence-corrected chi connectivity index (χ2v) is 6.36. The van der Waals surface area contributed by atoms with Crippen LogP contribution >= 0.6 is 0 Å². The number of aryl methyl sites for hydroxylation is 1. The van der Waals surface area contributed by atoms with Crippen LogP contribution in [0, 0.1) is 0 Å². The molecule has 0 saturated heterocycles. The molecule has 2 aromatic carbocycles. The molecular weight excluding hydrogens is 266 g/mol. The third kappa shape index (κ3) is 2.00. The number of para-hydroxylation sites is 1. The zero-order valence-corrected chi connectivity index (χ0v) is 13.2. The summed E-state index contributed by atoms with van der Waals surface area (Å²) in [6.07, 6.45) is 4.56. The monoisotopic (exact) mass is 287 g/mol. The van der Waals surface area contributed by atoms with E-state index >= 15 is 0 Å². The highest BCUT2D eigenvalue weighted by Crippen LogP contribution is 2.41. The molecule has 1 aromatic heterocycles. The highest BCUT2D eigenvalue weighted by molar-refractivity contribution is 5.87. The van der Waals surface area contributed by atoms with E-state index in [1.165, 1.54) is 33.3 Å².